The van der Waals surface area contributed by atoms with Crippen LogP contribution >= 0.6 is 0 Å². The van der Waals surface area contributed by atoms with E-state index in [1.807, 2.05) is 109 Å². The SMILES string of the molecule is [2H]c1c([2H])c([2H])c2c(-c3ccc(-c4cccc5oc6ccccc6c45)cc3)c3c([2H])c([2H])c([2H])c([2H])c3c(Cc3ccc4ccccc4c3)c2c1[2H]. The van der Waals surface area contributed by atoms with Crippen LogP contribution in [0.4, 0.5) is 0 Å². The third-order valence-corrected chi connectivity index (χ3v) is 8.56. The summed E-state index contributed by atoms with van der Waals surface area (Å²) in [5.41, 5.74) is 5.57. The fourth-order valence-electron chi connectivity index (χ4n) is 6.55. The largest absolute Gasteiger partial charge is 0.456 e. The molecule has 0 spiro atoms. The van der Waals surface area contributed by atoms with E-state index in [0.29, 0.717) is 16.7 Å². The Kier molecular flexibility index (Phi) is 4.10. The molecule has 0 atom stereocenters. The highest BCUT2D eigenvalue weighted by Crippen LogP contribution is 2.42. The minimum absolute atomic E-state index is 0.184. The molecule has 0 bridgehead atoms. The third-order valence-electron chi connectivity index (χ3n) is 8.56. The molecule has 0 fully saturated rings. The predicted octanol–water partition coefficient (Wildman–Crippen LogP) is 12.0. The first-order valence-corrected chi connectivity index (χ1v) is 14.6. The van der Waals surface area contributed by atoms with Crippen LogP contribution < -0.4 is 0 Å². The molecule has 0 unspecified atom stereocenters. The highest BCUT2D eigenvalue weighted by Gasteiger charge is 2.17. The zero-order valence-corrected chi connectivity index (χ0v) is 23.5. The molecule has 0 radical (unpaired) electrons. The zero-order chi connectivity index (χ0) is 36.0. The number of hydrogen-bond acceptors (Lipinski definition) is 1. The summed E-state index contributed by atoms with van der Waals surface area (Å²) < 4.78 is 77.8. The molecule has 9 aromatic rings. The Labute approximate surface area is 266 Å². The monoisotopic (exact) mass is 568 g/mol. The Morgan fingerprint density at radius 2 is 1.14 bits per heavy atom. The Morgan fingerprint density at radius 1 is 0.500 bits per heavy atom. The van der Waals surface area contributed by atoms with Crippen molar-refractivity contribution < 1.29 is 15.4 Å². The first kappa shape index (κ1) is 18.1. The van der Waals surface area contributed by atoms with Gasteiger partial charge >= 0.3 is 0 Å². The standard InChI is InChI=1S/C43H28O/c1-2-11-32-26-28(20-21-29(32)10-1)27-39-34-12-3-5-14-36(34)42(37-15-6-4-13-35(37)39)31-24-22-30(23-25-31)33-17-9-19-41-43(33)38-16-7-8-18-40(38)44-41/h1-26H,27H2/i3D,4D,5D,6D,12D,13D,14D,15D. The first-order chi connectivity index (χ1) is 25.1. The molecule has 0 aliphatic carbocycles. The van der Waals surface area contributed by atoms with Crippen molar-refractivity contribution in [2.45, 2.75) is 6.42 Å². The summed E-state index contributed by atoms with van der Waals surface area (Å²) in [6.07, 6.45) is 0.184. The number of fused-ring (bicyclic) bond motifs is 6. The van der Waals surface area contributed by atoms with Crippen LogP contribution in [0.1, 0.15) is 22.1 Å². The van der Waals surface area contributed by atoms with Crippen LogP contribution in [0.2, 0.25) is 0 Å². The Morgan fingerprint density at radius 3 is 1.91 bits per heavy atom. The Balaban J connectivity index is 1.36. The van der Waals surface area contributed by atoms with E-state index in [0.717, 1.165) is 49.4 Å². The molecule has 0 saturated heterocycles. The lowest BCUT2D eigenvalue weighted by Crippen LogP contribution is -1.95. The molecule has 0 N–H and O–H groups in total. The van der Waals surface area contributed by atoms with E-state index >= 15 is 0 Å². The quantitative estimate of drug-likeness (QED) is 0.192. The van der Waals surface area contributed by atoms with E-state index in [1.165, 1.54) is 0 Å². The van der Waals surface area contributed by atoms with Gasteiger partial charge in [-0.05, 0) is 84.3 Å². The highest BCUT2D eigenvalue weighted by atomic mass is 16.3. The van der Waals surface area contributed by atoms with Gasteiger partial charge in [-0.15, -0.1) is 0 Å². The van der Waals surface area contributed by atoms with E-state index in [1.54, 1.807) is 0 Å². The van der Waals surface area contributed by atoms with Gasteiger partial charge in [0.1, 0.15) is 11.2 Å². The highest BCUT2D eigenvalue weighted by molar-refractivity contribution is 6.16. The van der Waals surface area contributed by atoms with Gasteiger partial charge in [-0.25, -0.2) is 0 Å². The summed E-state index contributed by atoms with van der Waals surface area (Å²) in [6, 6.07) is 32.6. The summed E-state index contributed by atoms with van der Waals surface area (Å²) >= 11 is 0. The lowest BCUT2D eigenvalue weighted by Gasteiger charge is -2.18. The van der Waals surface area contributed by atoms with Gasteiger partial charge in [-0.1, -0.05) is 145 Å². The van der Waals surface area contributed by atoms with Crippen LogP contribution in [0.5, 0.6) is 0 Å². The molecule has 44 heavy (non-hydrogen) atoms. The van der Waals surface area contributed by atoms with Crippen LogP contribution in [0.25, 0.3) is 76.5 Å². The number of benzene rings is 8. The molecule has 0 aliphatic rings. The second-order valence-corrected chi connectivity index (χ2v) is 11.1. The molecule has 9 rings (SSSR count). The molecule has 0 aliphatic heterocycles. The van der Waals surface area contributed by atoms with Crippen molar-refractivity contribution in [2.24, 2.45) is 0 Å². The van der Waals surface area contributed by atoms with Gasteiger partial charge in [-0.2, -0.15) is 0 Å². The van der Waals surface area contributed by atoms with Gasteiger partial charge in [-0.3, -0.25) is 0 Å². The molecule has 1 aromatic heterocycles. The normalized spacial score (nSPS) is 14.3. The predicted molar refractivity (Wildman–Crippen MR) is 186 cm³/mol. The van der Waals surface area contributed by atoms with E-state index in [2.05, 4.69) is 0 Å². The van der Waals surface area contributed by atoms with Crippen LogP contribution in [-0.4, -0.2) is 0 Å². The lowest BCUT2D eigenvalue weighted by molar-refractivity contribution is 0.669. The van der Waals surface area contributed by atoms with Crippen molar-refractivity contribution in [3.05, 3.63) is 169 Å². The molecular formula is C43H28O. The van der Waals surface area contributed by atoms with Crippen LogP contribution in [0.3, 0.4) is 0 Å². The van der Waals surface area contributed by atoms with E-state index in [9.17, 15) is 5.48 Å². The summed E-state index contributed by atoms with van der Waals surface area (Å²) in [7, 11) is 0. The van der Waals surface area contributed by atoms with E-state index in [4.69, 9.17) is 9.90 Å². The van der Waals surface area contributed by atoms with E-state index < -0.39 is 24.2 Å². The zero-order valence-electron chi connectivity index (χ0n) is 31.5. The summed E-state index contributed by atoms with van der Waals surface area (Å²) in [4.78, 5) is 0. The average Bonchev–Trinajstić information content (AvgIpc) is 3.56. The molecule has 0 saturated carbocycles. The molecular weight excluding hydrogens is 532 g/mol. The molecule has 8 aromatic carbocycles. The summed E-state index contributed by atoms with van der Waals surface area (Å²) in [5.74, 6) is 0. The topological polar surface area (TPSA) is 13.1 Å². The summed E-state index contributed by atoms with van der Waals surface area (Å²) in [5, 5.41) is 4.92. The number of para-hydroxylation sites is 1. The minimum atomic E-state index is -0.411. The van der Waals surface area contributed by atoms with Gasteiger partial charge in [0, 0.05) is 10.8 Å². The maximum atomic E-state index is 9.23. The maximum Gasteiger partial charge on any atom is 0.136 e. The van der Waals surface area contributed by atoms with E-state index in [-0.39, 0.29) is 52.1 Å². The molecule has 1 heterocycles. The number of hydrogen-bond donors (Lipinski definition) is 0. The minimum Gasteiger partial charge on any atom is -0.456 e. The number of rotatable bonds is 4. The summed E-state index contributed by atoms with van der Waals surface area (Å²) in [6.45, 7) is 0. The van der Waals surface area contributed by atoms with Crippen molar-refractivity contribution in [3.63, 3.8) is 0 Å². The van der Waals surface area contributed by atoms with Gasteiger partial charge in [0.25, 0.3) is 0 Å². The molecule has 206 valence electrons. The number of furan rings is 1. The smallest absolute Gasteiger partial charge is 0.136 e. The van der Waals surface area contributed by atoms with Gasteiger partial charge in [0.2, 0.25) is 0 Å². The van der Waals surface area contributed by atoms with Gasteiger partial charge < -0.3 is 4.42 Å². The molecule has 0 amide bonds. The molecule has 1 heteroatoms. The second-order valence-electron chi connectivity index (χ2n) is 11.1. The van der Waals surface area contributed by atoms with Gasteiger partial charge in [0.15, 0.2) is 0 Å². The first-order valence-electron chi connectivity index (χ1n) is 18.6. The average molecular weight is 569 g/mol. The van der Waals surface area contributed by atoms with Crippen molar-refractivity contribution >= 4 is 54.3 Å². The van der Waals surface area contributed by atoms with Crippen LogP contribution in [0, 0.1) is 0 Å². The fraction of sp³-hybridized carbons (Fsp3) is 0.0233. The Bertz CT molecular complexity index is 2880. The van der Waals surface area contributed by atoms with Crippen molar-refractivity contribution in [1.29, 1.82) is 0 Å². The lowest BCUT2D eigenvalue weighted by atomic mass is 9.86. The maximum absolute atomic E-state index is 9.23. The van der Waals surface area contributed by atoms with Crippen LogP contribution in [-0.2, 0) is 6.42 Å². The third kappa shape index (κ3) is 3.94. The van der Waals surface area contributed by atoms with Gasteiger partial charge in [0.05, 0.1) is 11.0 Å². The molecule has 1 nitrogen and oxygen atoms in total. The van der Waals surface area contributed by atoms with Crippen molar-refractivity contribution in [2.75, 3.05) is 0 Å². The van der Waals surface area contributed by atoms with Crippen molar-refractivity contribution in [1.82, 2.24) is 0 Å². The van der Waals surface area contributed by atoms with Crippen LogP contribution in [0.15, 0.2) is 162 Å². The Hall–Kier alpha value is -5.66. The van der Waals surface area contributed by atoms with Crippen molar-refractivity contribution in [3.8, 4) is 22.3 Å². The fourth-order valence-corrected chi connectivity index (χ4v) is 6.55. The second kappa shape index (κ2) is 9.97.